The van der Waals surface area contributed by atoms with Gasteiger partial charge in [-0.05, 0) is 37.5 Å². The first-order chi connectivity index (χ1) is 11.7. The van der Waals surface area contributed by atoms with Crippen molar-refractivity contribution in [1.82, 2.24) is 15.2 Å². The van der Waals surface area contributed by atoms with E-state index in [9.17, 15) is 0 Å². The first kappa shape index (κ1) is 19.8. The number of halogens is 1. The lowest BCUT2D eigenvalue weighted by Gasteiger charge is -2.21. The van der Waals surface area contributed by atoms with Crippen molar-refractivity contribution in [1.29, 1.82) is 0 Å². The average molecular weight is 453 g/mol. The van der Waals surface area contributed by atoms with Crippen molar-refractivity contribution >= 4 is 46.7 Å². The van der Waals surface area contributed by atoms with Crippen molar-refractivity contribution in [2.24, 2.45) is 4.99 Å². The zero-order chi connectivity index (χ0) is 16.9. The van der Waals surface area contributed by atoms with E-state index in [0.717, 1.165) is 36.9 Å². The van der Waals surface area contributed by atoms with Gasteiger partial charge < -0.3 is 15.1 Å². The molecule has 0 unspecified atom stereocenters. The number of hydrogen-bond donors (Lipinski definition) is 1. The summed E-state index contributed by atoms with van der Waals surface area (Å²) in [5.74, 6) is 2.01. The topological polar surface area (TPSA) is 43.8 Å². The second-order valence-corrected chi connectivity index (χ2v) is 6.42. The third-order valence-corrected chi connectivity index (χ3v) is 4.39. The highest BCUT2D eigenvalue weighted by atomic mass is 127. The molecule has 0 atom stereocenters. The van der Waals surface area contributed by atoms with Crippen LogP contribution in [0.4, 0.5) is 5.82 Å². The molecular weight excluding hydrogens is 425 g/mol. The second kappa shape index (κ2) is 9.22. The molecule has 0 bridgehead atoms. The van der Waals surface area contributed by atoms with E-state index >= 15 is 0 Å². The minimum atomic E-state index is 0. The van der Waals surface area contributed by atoms with Crippen LogP contribution >= 0.6 is 24.0 Å². The van der Waals surface area contributed by atoms with E-state index in [2.05, 4.69) is 41.4 Å². The van der Waals surface area contributed by atoms with E-state index in [1.807, 2.05) is 25.1 Å². The van der Waals surface area contributed by atoms with Crippen LogP contribution in [0.25, 0.3) is 10.9 Å². The number of guanidine groups is 1. The Morgan fingerprint density at radius 2 is 1.96 bits per heavy atom. The van der Waals surface area contributed by atoms with Crippen LogP contribution in [0.2, 0.25) is 0 Å². The molecule has 1 fully saturated rings. The van der Waals surface area contributed by atoms with Crippen LogP contribution in [0.3, 0.4) is 0 Å². The monoisotopic (exact) mass is 453 g/mol. The van der Waals surface area contributed by atoms with Gasteiger partial charge >= 0.3 is 0 Å². The molecule has 2 heterocycles. The Morgan fingerprint density at radius 1 is 1.24 bits per heavy atom. The molecule has 1 N–H and O–H groups in total. The van der Waals surface area contributed by atoms with Crippen LogP contribution in [0.5, 0.6) is 0 Å². The number of nitrogens with one attached hydrogen (secondary N) is 1. The molecule has 0 amide bonds. The number of anilines is 1. The molecular formula is C19H28IN5. The van der Waals surface area contributed by atoms with Gasteiger partial charge in [-0.2, -0.15) is 0 Å². The molecule has 1 aliphatic heterocycles. The van der Waals surface area contributed by atoms with Crippen molar-refractivity contribution in [3.8, 4) is 0 Å². The number of nitrogens with zero attached hydrogens (tertiary/aromatic N) is 4. The number of aromatic nitrogens is 1. The Labute approximate surface area is 167 Å². The fraction of sp³-hybridized carbons (Fsp3) is 0.474. The third-order valence-electron chi connectivity index (χ3n) is 4.39. The average Bonchev–Trinajstić information content (AvgIpc) is 3.12. The number of pyridine rings is 1. The van der Waals surface area contributed by atoms with Gasteiger partial charge in [0.05, 0.1) is 12.1 Å². The van der Waals surface area contributed by atoms with E-state index in [1.165, 1.54) is 23.8 Å². The van der Waals surface area contributed by atoms with E-state index in [-0.39, 0.29) is 24.0 Å². The van der Waals surface area contributed by atoms with Crippen LogP contribution in [-0.4, -0.2) is 49.6 Å². The lowest BCUT2D eigenvalue weighted by atomic mass is 10.1. The molecule has 0 saturated carbocycles. The lowest BCUT2D eigenvalue weighted by molar-refractivity contribution is 0.494. The minimum Gasteiger partial charge on any atom is -0.363 e. The second-order valence-electron chi connectivity index (χ2n) is 6.42. The number of para-hydroxylation sites is 1. The maximum atomic E-state index is 4.90. The number of likely N-dealkylation sites (tertiary alicyclic amines) is 1. The van der Waals surface area contributed by atoms with Gasteiger partial charge in [-0.25, -0.2) is 9.98 Å². The highest BCUT2D eigenvalue weighted by Gasteiger charge is 2.15. The summed E-state index contributed by atoms with van der Waals surface area (Å²) in [6.45, 7) is 5.90. The standard InChI is InChI=1S/C19H27N5.HI/c1-4-20-19(24-11-7-8-12-24)21-14-15-13-18(23(2)3)22-17-10-6-5-9-16(15)17;/h5-6,9-10,13H,4,7-8,11-12,14H2,1-3H3,(H,20,21);1H. The van der Waals surface area contributed by atoms with Gasteiger partial charge in [0.15, 0.2) is 5.96 Å². The van der Waals surface area contributed by atoms with E-state index in [1.54, 1.807) is 0 Å². The third kappa shape index (κ3) is 4.74. The predicted molar refractivity (Wildman–Crippen MR) is 117 cm³/mol. The molecule has 1 aromatic heterocycles. The molecule has 6 heteroatoms. The summed E-state index contributed by atoms with van der Waals surface area (Å²) in [4.78, 5) is 14.0. The molecule has 2 aromatic rings. The number of hydrogen-bond acceptors (Lipinski definition) is 3. The van der Waals surface area contributed by atoms with Gasteiger partial charge in [-0.1, -0.05) is 18.2 Å². The van der Waals surface area contributed by atoms with Crippen LogP contribution in [0.15, 0.2) is 35.3 Å². The van der Waals surface area contributed by atoms with Crippen molar-refractivity contribution in [2.45, 2.75) is 26.3 Å². The quantitative estimate of drug-likeness (QED) is 0.438. The molecule has 0 spiro atoms. The van der Waals surface area contributed by atoms with Crippen LogP contribution in [0, 0.1) is 0 Å². The molecule has 1 saturated heterocycles. The minimum absolute atomic E-state index is 0. The zero-order valence-corrected chi connectivity index (χ0v) is 17.7. The molecule has 0 radical (unpaired) electrons. The predicted octanol–water partition coefficient (Wildman–Crippen LogP) is 3.48. The Bertz CT molecular complexity index is 723. The number of benzene rings is 1. The summed E-state index contributed by atoms with van der Waals surface area (Å²) in [6, 6.07) is 10.5. The van der Waals surface area contributed by atoms with Crippen LogP contribution < -0.4 is 10.2 Å². The van der Waals surface area contributed by atoms with Gasteiger partial charge in [0.25, 0.3) is 0 Å². The zero-order valence-electron chi connectivity index (χ0n) is 15.3. The largest absolute Gasteiger partial charge is 0.363 e. The molecule has 136 valence electrons. The normalized spacial score (nSPS) is 14.5. The number of rotatable bonds is 4. The number of fused-ring (bicyclic) bond motifs is 1. The van der Waals surface area contributed by atoms with Gasteiger partial charge in [-0.3, -0.25) is 0 Å². The molecule has 5 nitrogen and oxygen atoms in total. The summed E-state index contributed by atoms with van der Waals surface area (Å²) in [5, 5.41) is 4.61. The van der Waals surface area contributed by atoms with Gasteiger partial charge in [-0.15, -0.1) is 24.0 Å². The molecule has 1 aliphatic rings. The van der Waals surface area contributed by atoms with Crippen molar-refractivity contribution in [3.63, 3.8) is 0 Å². The van der Waals surface area contributed by atoms with Crippen LogP contribution in [0.1, 0.15) is 25.3 Å². The first-order valence-electron chi connectivity index (χ1n) is 8.78. The highest BCUT2D eigenvalue weighted by Crippen LogP contribution is 2.23. The Kier molecular flexibility index (Phi) is 7.28. The molecule has 3 rings (SSSR count). The summed E-state index contributed by atoms with van der Waals surface area (Å²) in [5.41, 5.74) is 2.25. The van der Waals surface area contributed by atoms with Crippen LogP contribution in [-0.2, 0) is 6.54 Å². The number of aliphatic imine (C=N–C) groups is 1. The Morgan fingerprint density at radius 3 is 2.64 bits per heavy atom. The SMILES string of the molecule is CCNC(=NCc1cc(N(C)C)nc2ccccc12)N1CCCC1.I. The van der Waals surface area contributed by atoms with Gasteiger partial charge in [0.2, 0.25) is 0 Å². The van der Waals surface area contributed by atoms with Crippen molar-refractivity contribution < 1.29 is 0 Å². The fourth-order valence-corrected chi connectivity index (χ4v) is 3.11. The summed E-state index contributed by atoms with van der Waals surface area (Å²) in [6.07, 6.45) is 2.51. The van der Waals surface area contributed by atoms with E-state index < -0.39 is 0 Å². The first-order valence-corrected chi connectivity index (χ1v) is 8.78. The Balaban J connectivity index is 0.00000225. The lowest BCUT2D eigenvalue weighted by Crippen LogP contribution is -2.39. The van der Waals surface area contributed by atoms with Gasteiger partial charge in [0, 0.05) is 39.1 Å². The molecule has 25 heavy (non-hydrogen) atoms. The summed E-state index contributed by atoms with van der Waals surface area (Å²) < 4.78 is 0. The van der Waals surface area contributed by atoms with Crippen molar-refractivity contribution in [2.75, 3.05) is 38.6 Å². The molecule has 0 aliphatic carbocycles. The van der Waals surface area contributed by atoms with Gasteiger partial charge in [0.1, 0.15) is 5.82 Å². The summed E-state index contributed by atoms with van der Waals surface area (Å²) in [7, 11) is 4.05. The maximum Gasteiger partial charge on any atom is 0.194 e. The maximum absolute atomic E-state index is 4.90. The van der Waals surface area contributed by atoms with E-state index in [0.29, 0.717) is 6.54 Å². The van der Waals surface area contributed by atoms with Crippen molar-refractivity contribution in [3.05, 3.63) is 35.9 Å². The summed E-state index contributed by atoms with van der Waals surface area (Å²) >= 11 is 0. The highest BCUT2D eigenvalue weighted by molar-refractivity contribution is 14.0. The smallest absolute Gasteiger partial charge is 0.194 e. The fourth-order valence-electron chi connectivity index (χ4n) is 3.11. The molecule has 1 aromatic carbocycles. The Hall–Kier alpha value is -1.57. The van der Waals surface area contributed by atoms with E-state index in [4.69, 9.17) is 9.98 Å².